The van der Waals surface area contributed by atoms with Crippen LogP contribution in [0.3, 0.4) is 0 Å². The lowest BCUT2D eigenvalue weighted by molar-refractivity contribution is 1.09. The number of benzene rings is 3. The number of aryl methyl sites for hydroxylation is 3. The highest BCUT2D eigenvalue weighted by Gasteiger charge is 2.58. The summed E-state index contributed by atoms with van der Waals surface area (Å²) in [4.78, 5) is 0. The summed E-state index contributed by atoms with van der Waals surface area (Å²) < 4.78 is 0. The van der Waals surface area contributed by atoms with E-state index in [0.717, 1.165) is 0 Å². The quantitative estimate of drug-likeness (QED) is 0.141. The van der Waals surface area contributed by atoms with Crippen molar-refractivity contribution in [3.05, 3.63) is 75.4 Å². The maximum Gasteiger partial charge on any atom is 0.159 e. The predicted molar refractivity (Wildman–Crippen MR) is 277 cm³/mol. The highest BCUT2D eigenvalue weighted by molar-refractivity contribution is 7.22. The lowest BCUT2D eigenvalue weighted by atomic mass is 10.1. The SMILES string of the molecule is CC1=C(C)C([Si](c2c(C)ccc([Si](C)(C)C)c2[Si](C)(C)C)(c2c(C)ccc([Si](C)(C)C)c2[Si](C)(C)C)c2c(C)ccc([Si](C)(C)C)c2[Si](C)(C)C)C(C)=C1C. The smallest absolute Gasteiger partial charge is 0.0656 e. The van der Waals surface area contributed by atoms with Crippen LogP contribution in [0, 0.1) is 20.8 Å². The molecule has 1 aliphatic rings. The van der Waals surface area contributed by atoms with Crippen molar-refractivity contribution in [3.8, 4) is 0 Å². The first-order valence-corrected chi connectivity index (χ1v) is 44.4. The highest BCUT2D eigenvalue weighted by Crippen LogP contribution is 2.47. The monoisotopic (exact) mass is 854 g/mol. The van der Waals surface area contributed by atoms with E-state index in [0.29, 0.717) is 5.54 Å². The molecule has 0 saturated carbocycles. The Morgan fingerprint density at radius 2 is 0.509 bits per heavy atom. The molecule has 7 heteroatoms. The molecule has 0 spiro atoms. The van der Waals surface area contributed by atoms with Crippen LogP contribution >= 0.6 is 0 Å². The molecule has 0 atom stereocenters. The summed E-state index contributed by atoms with van der Waals surface area (Å²) in [5.74, 6) is 0. The van der Waals surface area contributed by atoms with Gasteiger partial charge in [0.05, 0.1) is 48.4 Å². The normalized spacial score (nSPS) is 15.9. The van der Waals surface area contributed by atoms with Gasteiger partial charge in [-0.2, -0.15) is 0 Å². The molecule has 0 fully saturated rings. The molecule has 0 heterocycles. The molecule has 0 bridgehead atoms. The van der Waals surface area contributed by atoms with Crippen LogP contribution in [-0.2, 0) is 0 Å². The van der Waals surface area contributed by atoms with E-state index in [2.05, 4.69) is 203 Å². The summed E-state index contributed by atoms with van der Waals surface area (Å²) >= 11 is 0. The molecular weight excluding hydrogens is 773 g/mol. The van der Waals surface area contributed by atoms with Gasteiger partial charge in [-0.25, -0.2) is 0 Å². The maximum absolute atomic E-state index is 3.07. The van der Waals surface area contributed by atoms with E-state index in [9.17, 15) is 0 Å². The van der Waals surface area contributed by atoms with Crippen molar-refractivity contribution in [1.82, 2.24) is 0 Å². The second kappa shape index (κ2) is 14.7. The third-order valence-electron chi connectivity index (χ3n) is 13.1. The minimum atomic E-state index is -3.07. The molecule has 3 aromatic carbocycles. The van der Waals surface area contributed by atoms with Gasteiger partial charge in [0.2, 0.25) is 0 Å². The van der Waals surface area contributed by atoms with Crippen LogP contribution in [-0.4, -0.2) is 56.5 Å². The van der Waals surface area contributed by atoms with Gasteiger partial charge in [-0.05, 0) is 75.2 Å². The summed E-state index contributed by atoms with van der Waals surface area (Å²) in [5.41, 5.74) is 11.5. The second-order valence-corrected chi connectivity index (χ2v) is 57.7. The van der Waals surface area contributed by atoms with Crippen LogP contribution in [0.1, 0.15) is 44.4 Å². The summed E-state index contributed by atoms with van der Waals surface area (Å²) in [5, 5.41) is 16.2. The predicted octanol–water partition coefficient (Wildman–Crippen LogP) is 9.41. The Hall–Kier alpha value is -1.34. The van der Waals surface area contributed by atoms with Crippen molar-refractivity contribution in [3.63, 3.8) is 0 Å². The van der Waals surface area contributed by atoms with Gasteiger partial charge >= 0.3 is 0 Å². The Kier molecular flexibility index (Phi) is 12.4. The van der Waals surface area contributed by atoms with Crippen molar-refractivity contribution >= 4 is 103 Å². The Morgan fingerprint density at radius 3 is 0.691 bits per heavy atom. The summed E-state index contributed by atoms with van der Waals surface area (Å²) in [7, 11) is -14.2. The van der Waals surface area contributed by atoms with Crippen molar-refractivity contribution in [2.75, 3.05) is 0 Å². The average Bonchev–Trinajstić information content (AvgIpc) is 3.17. The Labute approximate surface area is 348 Å². The van der Waals surface area contributed by atoms with E-state index < -0.39 is 56.5 Å². The number of rotatable bonds is 10. The first-order chi connectivity index (χ1) is 24.5. The molecule has 302 valence electrons. The molecule has 0 aliphatic heterocycles. The summed E-state index contributed by atoms with van der Waals surface area (Å²) in [6.07, 6.45) is 0. The Bertz CT molecular complexity index is 1850. The first kappa shape index (κ1) is 46.3. The molecule has 0 nitrogen and oxygen atoms in total. The van der Waals surface area contributed by atoms with Crippen LogP contribution in [0.15, 0.2) is 58.7 Å². The standard InChI is InChI=1S/C48H82Si7/c1-32-26-29-39(49(8,9)10)46(52(17,18)19)42(32)55(45-37(6)35(4)36(5)38(45)7,43-33(2)27-30-40(50(11,12)13)47(43)53(20,21)22)44-34(3)28-31-41(51(14,15)16)48(44)54(23,24)25/h26-31,45H,1-25H3. The van der Waals surface area contributed by atoms with E-state index >= 15 is 0 Å². The van der Waals surface area contributed by atoms with Crippen LogP contribution in [0.5, 0.6) is 0 Å². The third kappa shape index (κ3) is 8.04. The van der Waals surface area contributed by atoms with Gasteiger partial charge in [-0.3, -0.25) is 0 Å². The van der Waals surface area contributed by atoms with Gasteiger partial charge in [-0.1, -0.05) is 213 Å². The zero-order valence-corrected chi connectivity index (χ0v) is 47.5. The topological polar surface area (TPSA) is 0 Å². The van der Waals surface area contributed by atoms with Crippen molar-refractivity contribution in [1.29, 1.82) is 0 Å². The van der Waals surface area contributed by atoms with Gasteiger partial charge < -0.3 is 0 Å². The fourth-order valence-electron chi connectivity index (χ4n) is 10.7. The minimum absolute atomic E-state index is 0.370. The van der Waals surface area contributed by atoms with E-state index in [1.165, 1.54) is 0 Å². The maximum atomic E-state index is 2.69. The fourth-order valence-corrected chi connectivity index (χ4v) is 39.9. The summed E-state index contributed by atoms with van der Waals surface area (Å²) in [6.45, 7) is 65.7. The zero-order chi connectivity index (χ0) is 42.6. The number of hydrogen-bond donors (Lipinski definition) is 0. The van der Waals surface area contributed by atoms with Crippen molar-refractivity contribution in [2.24, 2.45) is 0 Å². The largest absolute Gasteiger partial charge is 0.159 e. The summed E-state index contributed by atoms with van der Waals surface area (Å²) in [6, 6.07) is 15.8. The number of allylic oxidation sites excluding steroid dienone is 4. The minimum Gasteiger partial charge on any atom is -0.0656 e. The Morgan fingerprint density at radius 1 is 0.291 bits per heavy atom. The van der Waals surface area contributed by atoms with Crippen LogP contribution < -0.4 is 46.7 Å². The Balaban J connectivity index is 2.80. The molecule has 3 aromatic rings. The second-order valence-electron chi connectivity index (χ2n) is 23.9. The van der Waals surface area contributed by atoms with Crippen LogP contribution in [0.4, 0.5) is 0 Å². The van der Waals surface area contributed by atoms with E-state index in [4.69, 9.17) is 0 Å². The molecule has 55 heavy (non-hydrogen) atoms. The van der Waals surface area contributed by atoms with Gasteiger partial charge in [0, 0.05) is 5.54 Å². The molecular formula is C48H82Si7. The zero-order valence-electron chi connectivity index (χ0n) is 40.5. The van der Waals surface area contributed by atoms with Gasteiger partial charge in [0.15, 0.2) is 8.07 Å². The van der Waals surface area contributed by atoms with Crippen LogP contribution in [0.25, 0.3) is 0 Å². The lowest BCUT2D eigenvalue weighted by Gasteiger charge is -2.51. The van der Waals surface area contributed by atoms with Gasteiger partial charge in [0.25, 0.3) is 0 Å². The molecule has 0 amide bonds. The highest BCUT2D eigenvalue weighted by atomic mass is 28.3. The molecule has 1 aliphatic carbocycles. The molecule has 0 unspecified atom stereocenters. The molecule has 0 N–H and O–H groups in total. The first-order valence-electron chi connectivity index (χ1n) is 21.3. The molecule has 4 rings (SSSR count). The van der Waals surface area contributed by atoms with Crippen molar-refractivity contribution in [2.45, 2.75) is 172 Å². The van der Waals surface area contributed by atoms with E-state index in [1.807, 2.05) is 31.1 Å². The average molecular weight is 856 g/mol. The van der Waals surface area contributed by atoms with Gasteiger partial charge in [0.1, 0.15) is 0 Å². The van der Waals surface area contributed by atoms with Gasteiger partial charge in [-0.15, -0.1) is 0 Å². The van der Waals surface area contributed by atoms with E-state index in [-0.39, 0.29) is 0 Å². The molecule has 0 radical (unpaired) electrons. The van der Waals surface area contributed by atoms with Crippen molar-refractivity contribution < 1.29 is 0 Å². The molecule has 0 aromatic heterocycles. The lowest BCUT2D eigenvalue weighted by Crippen LogP contribution is -2.86. The third-order valence-corrected chi connectivity index (χ3v) is 32.8. The molecule has 0 saturated heterocycles. The van der Waals surface area contributed by atoms with E-state index in [1.54, 1.807) is 54.5 Å². The van der Waals surface area contributed by atoms with Crippen LogP contribution in [0.2, 0.25) is 123 Å². The number of hydrogen-bond acceptors (Lipinski definition) is 0. The fraction of sp³-hybridized carbons (Fsp3) is 0.542.